The Hall–Kier alpha value is -3.07. The molecule has 0 saturated heterocycles. The number of pyridine rings is 2. The predicted octanol–water partition coefficient (Wildman–Crippen LogP) is 3.05. The Morgan fingerprint density at radius 1 is 1.27 bits per heavy atom. The first kappa shape index (κ1) is 17.7. The van der Waals surface area contributed by atoms with Gasteiger partial charge in [0, 0.05) is 6.20 Å². The minimum absolute atomic E-state index is 0.0932. The first-order chi connectivity index (χ1) is 12.1. The van der Waals surface area contributed by atoms with Crippen LogP contribution in [0.2, 0.25) is 5.02 Å². The Bertz CT molecular complexity index is 1160. The normalized spacial score (nSPS) is 11.1. The molecular formula is C16H9ClF3N3O3. The molecule has 0 amide bonds. The van der Waals surface area contributed by atoms with E-state index in [4.69, 9.17) is 17.3 Å². The smallest absolute Gasteiger partial charge is 0.341 e. The summed E-state index contributed by atoms with van der Waals surface area (Å²) in [6, 6.07) is 1.57. The van der Waals surface area contributed by atoms with Crippen LogP contribution in [0, 0.1) is 24.4 Å². The standard InChI is InChI=1S/C16H9ClF3N3O3/c1-5-2-9(19)14(21)22-15(5)23-4-7(16(25)26)13(24)6-3-8(18)11(20)10(17)12(6)23/h2-4H,1H3,(H2,21,22)(H,25,26). The highest BCUT2D eigenvalue weighted by Gasteiger charge is 2.23. The second-order valence-corrected chi connectivity index (χ2v) is 5.80. The van der Waals surface area contributed by atoms with E-state index in [1.54, 1.807) is 0 Å². The molecule has 0 saturated carbocycles. The fourth-order valence-electron chi connectivity index (χ4n) is 2.54. The molecule has 0 spiro atoms. The van der Waals surface area contributed by atoms with Crippen molar-refractivity contribution in [3.63, 3.8) is 0 Å². The van der Waals surface area contributed by atoms with E-state index >= 15 is 0 Å². The molecule has 26 heavy (non-hydrogen) atoms. The summed E-state index contributed by atoms with van der Waals surface area (Å²) in [6.45, 7) is 1.43. The van der Waals surface area contributed by atoms with Crippen LogP contribution in [0.15, 0.2) is 23.1 Å². The summed E-state index contributed by atoms with van der Waals surface area (Å²) in [4.78, 5) is 27.5. The van der Waals surface area contributed by atoms with Gasteiger partial charge in [0.25, 0.3) is 0 Å². The minimum atomic E-state index is -1.60. The third-order valence-corrected chi connectivity index (χ3v) is 4.10. The number of aryl methyl sites for hydroxylation is 1. The van der Waals surface area contributed by atoms with Gasteiger partial charge in [-0.05, 0) is 24.6 Å². The molecule has 1 aromatic carbocycles. The summed E-state index contributed by atoms with van der Waals surface area (Å²) < 4.78 is 42.2. The summed E-state index contributed by atoms with van der Waals surface area (Å²) in [5, 5.41) is 8.01. The van der Waals surface area contributed by atoms with Crippen LogP contribution < -0.4 is 11.2 Å². The molecule has 3 N–H and O–H groups in total. The number of nitrogens with zero attached hydrogens (tertiary/aromatic N) is 2. The Morgan fingerprint density at radius 3 is 2.54 bits per heavy atom. The Labute approximate surface area is 148 Å². The van der Waals surface area contributed by atoms with Gasteiger partial charge in [-0.3, -0.25) is 9.36 Å². The summed E-state index contributed by atoms with van der Waals surface area (Å²) in [6.07, 6.45) is 0.850. The van der Waals surface area contributed by atoms with E-state index in [1.165, 1.54) is 6.92 Å². The molecule has 0 aliphatic heterocycles. The van der Waals surface area contributed by atoms with Gasteiger partial charge >= 0.3 is 5.97 Å². The van der Waals surface area contributed by atoms with Crippen molar-refractivity contribution in [3.8, 4) is 5.82 Å². The molecule has 0 aliphatic carbocycles. The van der Waals surface area contributed by atoms with Gasteiger partial charge in [-0.1, -0.05) is 11.6 Å². The molecular weight excluding hydrogens is 375 g/mol. The highest BCUT2D eigenvalue weighted by atomic mass is 35.5. The maximum absolute atomic E-state index is 13.9. The second-order valence-electron chi connectivity index (χ2n) is 5.43. The van der Waals surface area contributed by atoms with Crippen LogP contribution in [-0.4, -0.2) is 20.6 Å². The number of aromatic nitrogens is 2. The van der Waals surface area contributed by atoms with Gasteiger partial charge in [-0.2, -0.15) is 0 Å². The third kappa shape index (κ3) is 2.57. The molecule has 0 radical (unpaired) electrons. The number of fused-ring (bicyclic) bond motifs is 1. The fraction of sp³-hybridized carbons (Fsp3) is 0.0625. The van der Waals surface area contributed by atoms with Crippen molar-refractivity contribution >= 4 is 34.3 Å². The first-order valence-corrected chi connectivity index (χ1v) is 7.40. The fourth-order valence-corrected chi connectivity index (χ4v) is 2.82. The maximum Gasteiger partial charge on any atom is 0.341 e. The van der Waals surface area contributed by atoms with Crippen molar-refractivity contribution in [1.29, 1.82) is 0 Å². The molecule has 0 fully saturated rings. The van der Waals surface area contributed by atoms with Gasteiger partial charge in [-0.15, -0.1) is 0 Å². The lowest BCUT2D eigenvalue weighted by Gasteiger charge is -2.16. The lowest BCUT2D eigenvalue weighted by molar-refractivity contribution is 0.0695. The number of halogens is 4. The summed E-state index contributed by atoms with van der Waals surface area (Å²) in [5.74, 6) is -5.87. The van der Waals surface area contributed by atoms with E-state index in [2.05, 4.69) is 4.98 Å². The van der Waals surface area contributed by atoms with Gasteiger partial charge in [0.2, 0.25) is 5.43 Å². The number of hydrogen-bond acceptors (Lipinski definition) is 4. The highest BCUT2D eigenvalue weighted by Crippen LogP contribution is 2.30. The van der Waals surface area contributed by atoms with Crippen molar-refractivity contribution in [2.75, 3.05) is 5.73 Å². The number of carbonyl (C=O) groups is 1. The Balaban J connectivity index is 2.59. The van der Waals surface area contributed by atoms with Gasteiger partial charge in [0.1, 0.15) is 16.4 Å². The molecule has 6 nitrogen and oxygen atoms in total. The summed E-state index contributed by atoms with van der Waals surface area (Å²) >= 11 is 5.86. The van der Waals surface area contributed by atoms with Crippen molar-refractivity contribution in [1.82, 2.24) is 9.55 Å². The van der Waals surface area contributed by atoms with E-state index in [-0.39, 0.29) is 16.9 Å². The van der Waals surface area contributed by atoms with E-state index in [0.29, 0.717) is 6.07 Å². The molecule has 0 unspecified atom stereocenters. The predicted molar refractivity (Wildman–Crippen MR) is 88.3 cm³/mol. The number of anilines is 1. The molecule has 3 aromatic rings. The second kappa shape index (κ2) is 6.03. The van der Waals surface area contributed by atoms with Gasteiger partial charge in [0.05, 0.1) is 10.9 Å². The number of aromatic carboxylic acids is 1. The Kier molecular flexibility index (Phi) is 4.11. The Morgan fingerprint density at radius 2 is 1.92 bits per heavy atom. The van der Waals surface area contributed by atoms with Gasteiger partial charge < -0.3 is 10.8 Å². The minimum Gasteiger partial charge on any atom is -0.477 e. The summed E-state index contributed by atoms with van der Waals surface area (Å²) in [7, 11) is 0. The van der Waals surface area contributed by atoms with Crippen LogP contribution in [0.5, 0.6) is 0 Å². The third-order valence-electron chi connectivity index (χ3n) is 3.75. The van der Waals surface area contributed by atoms with E-state index in [1.807, 2.05) is 0 Å². The highest BCUT2D eigenvalue weighted by molar-refractivity contribution is 6.35. The van der Waals surface area contributed by atoms with E-state index in [0.717, 1.165) is 16.8 Å². The van der Waals surface area contributed by atoms with E-state index in [9.17, 15) is 27.9 Å². The summed E-state index contributed by atoms with van der Waals surface area (Å²) in [5.41, 5.74) is 3.53. The van der Waals surface area contributed by atoms with Crippen molar-refractivity contribution in [2.24, 2.45) is 0 Å². The number of nitrogen functional groups attached to an aromatic ring is 1. The molecule has 3 rings (SSSR count). The molecule has 10 heteroatoms. The van der Waals surface area contributed by atoms with Crippen LogP contribution in [0.4, 0.5) is 19.0 Å². The number of hydrogen-bond donors (Lipinski definition) is 2. The van der Waals surface area contributed by atoms with Crippen molar-refractivity contribution < 1.29 is 23.1 Å². The zero-order chi connectivity index (χ0) is 19.3. The lowest BCUT2D eigenvalue weighted by Crippen LogP contribution is -2.20. The van der Waals surface area contributed by atoms with Crippen LogP contribution >= 0.6 is 11.6 Å². The first-order valence-electron chi connectivity index (χ1n) is 7.02. The quantitative estimate of drug-likeness (QED) is 0.663. The van der Waals surface area contributed by atoms with E-state index < -0.39 is 50.6 Å². The zero-order valence-corrected chi connectivity index (χ0v) is 13.7. The number of nitrogens with two attached hydrogens (primary N) is 1. The molecule has 2 heterocycles. The molecule has 0 bridgehead atoms. The SMILES string of the molecule is Cc1cc(F)c(N)nc1-n1cc(C(=O)O)c(=O)c2cc(F)c(F)c(Cl)c21. The molecule has 0 atom stereocenters. The lowest BCUT2D eigenvalue weighted by atomic mass is 10.1. The molecule has 134 valence electrons. The molecule has 0 aliphatic rings. The van der Waals surface area contributed by atoms with Crippen molar-refractivity contribution in [2.45, 2.75) is 6.92 Å². The number of carboxylic acid groups (broad SMARTS) is 1. The maximum atomic E-state index is 13.9. The van der Waals surface area contributed by atoms with Crippen LogP contribution in [-0.2, 0) is 0 Å². The monoisotopic (exact) mass is 383 g/mol. The van der Waals surface area contributed by atoms with Gasteiger partial charge in [0.15, 0.2) is 23.3 Å². The van der Waals surface area contributed by atoms with Crippen LogP contribution in [0.25, 0.3) is 16.7 Å². The average molecular weight is 384 g/mol. The van der Waals surface area contributed by atoms with Crippen LogP contribution in [0.1, 0.15) is 15.9 Å². The number of rotatable bonds is 2. The van der Waals surface area contributed by atoms with Crippen LogP contribution in [0.3, 0.4) is 0 Å². The largest absolute Gasteiger partial charge is 0.477 e. The van der Waals surface area contributed by atoms with Gasteiger partial charge in [-0.25, -0.2) is 22.9 Å². The average Bonchev–Trinajstić information content (AvgIpc) is 2.57. The number of carboxylic acids is 1. The van der Waals surface area contributed by atoms with Crippen molar-refractivity contribution in [3.05, 3.63) is 62.2 Å². The molecule has 2 aromatic heterocycles. The number of benzene rings is 1. The topological polar surface area (TPSA) is 98.2 Å². The zero-order valence-electron chi connectivity index (χ0n) is 13.0.